The number of ether oxygens (including phenoxy) is 1. The highest BCUT2D eigenvalue weighted by molar-refractivity contribution is 6.03. The number of carboxylic acid groups (broad SMARTS) is 2. The molecule has 0 aliphatic heterocycles. The minimum absolute atomic E-state index is 0.0404. The highest BCUT2D eigenvalue weighted by atomic mass is 16.5. The van der Waals surface area contributed by atoms with Gasteiger partial charge in [-0.2, -0.15) is 0 Å². The number of carbonyl (C=O) groups is 4. The van der Waals surface area contributed by atoms with Crippen LogP contribution in [0.25, 0.3) is 0 Å². The van der Waals surface area contributed by atoms with Crippen molar-refractivity contribution < 1.29 is 34.1 Å². The quantitative estimate of drug-likeness (QED) is 0.181. The molecule has 0 aliphatic rings. The van der Waals surface area contributed by atoms with Crippen molar-refractivity contribution in [1.29, 1.82) is 5.41 Å². The van der Waals surface area contributed by atoms with Crippen molar-refractivity contribution in [2.24, 2.45) is 5.73 Å². The predicted molar refractivity (Wildman–Crippen MR) is 130 cm³/mol. The summed E-state index contributed by atoms with van der Waals surface area (Å²) in [6, 6.07) is 18.0. The molecule has 0 saturated carbocycles. The van der Waals surface area contributed by atoms with Crippen LogP contribution >= 0.6 is 0 Å². The van der Waals surface area contributed by atoms with Gasteiger partial charge in [-0.05, 0) is 54.1 Å². The summed E-state index contributed by atoms with van der Waals surface area (Å²) >= 11 is 0. The highest BCUT2D eigenvalue weighted by Gasteiger charge is 2.21. The monoisotopic (exact) mass is 489 g/mol. The molecule has 0 aliphatic carbocycles. The van der Waals surface area contributed by atoms with Crippen LogP contribution in [0.2, 0.25) is 0 Å². The molecule has 184 valence electrons. The van der Waals surface area contributed by atoms with E-state index in [-0.39, 0.29) is 41.6 Å². The van der Waals surface area contributed by atoms with Gasteiger partial charge in [0.15, 0.2) is 12.4 Å². The van der Waals surface area contributed by atoms with Gasteiger partial charge in [0.1, 0.15) is 11.6 Å². The fraction of sp³-hybridized carbons (Fsp3) is 0.115. The predicted octanol–water partition coefficient (Wildman–Crippen LogP) is 2.66. The van der Waals surface area contributed by atoms with Crippen molar-refractivity contribution in [2.75, 3.05) is 13.2 Å². The number of aromatic carboxylic acids is 1. The summed E-state index contributed by atoms with van der Waals surface area (Å²) in [6.07, 6.45) is 0. The molecular weight excluding hydrogens is 466 g/mol. The van der Waals surface area contributed by atoms with Crippen molar-refractivity contribution in [2.45, 2.75) is 6.54 Å². The molecule has 3 aromatic rings. The Bertz CT molecular complexity index is 1280. The molecule has 0 unspecified atom stereocenters. The number of amidine groups is 1. The van der Waals surface area contributed by atoms with Crippen LogP contribution in [0.5, 0.6) is 5.75 Å². The molecule has 10 nitrogen and oxygen atoms in total. The zero-order valence-electron chi connectivity index (χ0n) is 19.0. The van der Waals surface area contributed by atoms with Gasteiger partial charge in [0, 0.05) is 23.2 Å². The summed E-state index contributed by atoms with van der Waals surface area (Å²) in [5, 5.41) is 25.3. The summed E-state index contributed by atoms with van der Waals surface area (Å²) in [7, 11) is 0. The van der Waals surface area contributed by atoms with Gasteiger partial charge in [0.25, 0.3) is 5.91 Å². The highest BCUT2D eigenvalue weighted by Crippen LogP contribution is 2.16. The Morgan fingerprint density at radius 3 is 1.83 bits per heavy atom. The Morgan fingerprint density at radius 1 is 0.778 bits per heavy atom. The fourth-order valence-electron chi connectivity index (χ4n) is 3.29. The Hall–Kier alpha value is -4.99. The number of hydrogen-bond acceptors (Lipinski definition) is 6. The van der Waals surface area contributed by atoms with E-state index in [2.05, 4.69) is 0 Å². The molecule has 0 bridgehead atoms. The molecule has 3 rings (SSSR count). The lowest BCUT2D eigenvalue weighted by molar-refractivity contribution is -0.139. The van der Waals surface area contributed by atoms with Crippen LogP contribution in [0.15, 0.2) is 72.8 Å². The zero-order chi connectivity index (χ0) is 26.2. The average molecular weight is 489 g/mol. The number of nitrogens with one attached hydrogen (secondary N) is 1. The normalized spacial score (nSPS) is 10.3. The topological polar surface area (TPSA) is 171 Å². The first-order valence-corrected chi connectivity index (χ1v) is 10.7. The lowest BCUT2D eigenvalue weighted by Gasteiger charge is -2.23. The van der Waals surface area contributed by atoms with Gasteiger partial charge in [-0.1, -0.05) is 24.3 Å². The Kier molecular flexibility index (Phi) is 8.14. The van der Waals surface area contributed by atoms with E-state index in [1.54, 1.807) is 12.1 Å². The average Bonchev–Trinajstić information content (AvgIpc) is 2.87. The van der Waals surface area contributed by atoms with Crippen LogP contribution in [-0.4, -0.2) is 57.7 Å². The van der Waals surface area contributed by atoms with Crippen LogP contribution < -0.4 is 10.5 Å². The number of Topliss-reactive ketones (excluding diaryl/α,β-unsaturated/α-hetero) is 1. The number of hydrogen-bond donors (Lipinski definition) is 4. The third-order valence-electron chi connectivity index (χ3n) is 5.18. The molecule has 0 atom stereocenters. The molecule has 10 heteroatoms. The molecular formula is C26H23N3O7. The van der Waals surface area contributed by atoms with Gasteiger partial charge < -0.3 is 25.6 Å². The molecule has 0 radical (unpaired) electrons. The van der Waals surface area contributed by atoms with Crippen molar-refractivity contribution in [3.8, 4) is 5.75 Å². The second-order valence-corrected chi connectivity index (χ2v) is 7.78. The van der Waals surface area contributed by atoms with Gasteiger partial charge in [0.2, 0.25) is 0 Å². The third kappa shape index (κ3) is 6.76. The minimum atomic E-state index is -1.13. The van der Waals surface area contributed by atoms with E-state index in [4.69, 9.17) is 26.1 Å². The summed E-state index contributed by atoms with van der Waals surface area (Å²) in [6.45, 7) is -0.749. The molecule has 5 N–H and O–H groups in total. The van der Waals surface area contributed by atoms with E-state index >= 15 is 0 Å². The lowest BCUT2D eigenvalue weighted by Crippen LogP contribution is -2.35. The van der Waals surface area contributed by atoms with Gasteiger partial charge in [-0.15, -0.1) is 0 Å². The van der Waals surface area contributed by atoms with Gasteiger partial charge in [-0.3, -0.25) is 15.0 Å². The number of rotatable bonds is 11. The van der Waals surface area contributed by atoms with Crippen LogP contribution in [0.3, 0.4) is 0 Å². The number of aliphatic carboxylic acids is 1. The largest absolute Gasteiger partial charge is 0.482 e. The van der Waals surface area contributed by atoms with E-state index in [0.717, 1.165) is 0 Å². The van der Waals surface area contributed by atoms with E-state index in [9.17, 15) is 19.2 Å². The number of nitrogen functional groups attached to an aromatic ring is 1. The van der Waals surface area contributed by atoms with E-state index < -0.39 is 24.5 Å². The summed E-state index contributed by atoms with van der Waals surface area (Å²) in [4.78, 5) is 49.4. The number of nitrogens with two attached hydrogens (primary N) is 1. The Labute approximate surface area is 206 Å². The van der Waals surface area contributed by atoms with Crippen molar-refractivity contribution in [1.82, 2.24) is 4.90 Å². The molecule has 1 amide bonds. The lowest BCUT2D eigenvalue weighted by atomic mass is 10.1. The first-order valence-electron chi connectivity index (χ1n) is 10.7. The second kappa shape index (κ2) is 11.4. The number of nitrogens with zero attached hydrogens (tertiary/aromatic N) is 1. The number of amides is 1. The first-order chi connectivity index (χ1) is 17.1. The van der Waals surface area contributed by atoms with Crippen LogP contribution in [0.1, 0.15) is 42.2 Å². The number of carbonyl (C=O) groups excluding carboxylic acids is 2. The van der Waals surface area contributed by atoms with Crippen molar-refractivity contribution >= 4 is 29.5 Å². The summed E-state index contributed by atoms with van der Waals surface area (Å²) < 4.78 is 5.07. The minimum Gasteiger partial charge on any atom is -0.482 e. The maximum atomic E-state index is 13.3. The number of ketones is 1. The van der Waals surface area contributed by atoms with E-state index in [0.29, 0.717) is 16.7 Å². The van der Waals surface area contributed by atoms with E-state index in [1.807, 2.05) is 0 Å². The smallest absolute Gasteiger partial charge is 0.341 e. The standard InChI is InChI=1S/C26H23N3O7/c27-24(28)18-5-7-19(8-6-18)25(33)29(13-16-1-3-20(4-2-16)26(34)35)14-22(30)17-9-11-21(12-10-17)36-15-23(31)32/h1-12H,13-15H2,(H3,27,28)(H,31,32)(H,34,35). The molecule has 3 aromatic carbocycles. The fourth-order valence-corrected chi connectivity index (χ4v) is 3.29. The van der Waals surface area contributed by atoms with Crippen LogP contribution in [-0.2, 0) is 11.3 Å². The molecule has 0 spiro atoms. The van der Waals surface area contributed by atoms with Gasteiger partial charge >= 0.3 is 11.9 Å². The van der Waals surface area contributed by atoms with Crippen molar-refractivity contribution in [3.63, 3.8) is 0 Å². The first kappa shape index (κ1) is 25.6. The maximum Gasteiger partial charge on any atom is 0.341 e. The molecule has 0 heterocycles. The summed E-state index contributed by atoms with van der Waals surface area (Å²) in [5.41, 5.74) is 7.22. The maximum absolute atomic E-state index is 13.3. The molecule has 0 aromatic heterocycles. The molecule has 0 fully saturated rings. The molecule has 0 saturated heterocycles. The zero-order valence-corrected chi connectivity index (χ0v) is 19.0. The Balaban J connectivity index is 1.82. The second-order valence-electron chi connectivity index (χ2n) is 7.78. The Morgan fingerprint density at radius 2 is 1.31 bits per heavy atom. The van der Waals surface area contributed by atoms with Crippen molar-refractivity contribution in [3.05, 3.63) is 101 Å². The molecule has 36 heavy (non-hydrogen) atoms. The van der Waals surface area contributed by atoms with Crippen LogP contribution in [0, 0.1) is 5.41 Å². The number of benzene rings is 3. The third-order valence-corrected chi connectivity index (χ3v) is 5.18. The van der Waals surface area contributed by atoms with Gasteiger partial charge in [-0.25, -0.2) is 9.59 Å². The van der Waals surface area contributed by atoms with Crippen LogP contribution in [0.4, 0.5) is 0 Å². The van der Waals surface area contributed by atoms with Gasteiger partial charge in [0.05, 0.1) is 12.1 Å². The SMILES string of the molecule is N=C(N)c1ccc(C(=O)N(CC(=O)c2ccc(OCC(=O)O)cc2)Cc2ccc(C(=O)O)cc2)cc1. The number of carboxylic acids is 2. The summed E-state index contributed by atoms with van der Waals surface area (Å²) in [5.74, 6) is -2.87. The van der Waals surface area contributed by atoms with E-state index in [1.165, 1.54) is 65.6 Å².